The molecule has 4 N–H and O–H groups in total. The molecular formula is C18H33N3O6S. The van der Waals surface area contributed by atoms with E-state index in [-0.39, 0.29) is 6.03 Å². The van der Waals surface area contributed by atoms with Crippen LogP contribution >= 0.6 is 11.9 Å². The van der Waals surface area contributed by atoms with E-state index in [0.717, 1.165) is 32.1 Å². The first-order chi connectivity index (χ1) is 13.3. The van der Waals surface area contributed by atoms with Crippen molar-refractivity contribution < 1.29 is 29.3 Å². The highest BCUT2D eigenvalue weighted by molar-refractivity contribution is 7.97. The summed E-state index contributed by atoms with van der Waals surface area (Å²) in [5, 5.41) is 18.4. The van der Waals surface area contributed by atoms with Gasteiger partial charge in [-0.15, -0.1) is 0 Å². The maximum Gasteiger partial charge on any atom is 0.328 e. The molecular weight excluding hydrogens is 386 g/mol. The van der Waals surface area contributed by atoms with Gasteiger partial charge in [0.25, 0.3) is 0 Å². The lowest BCUT2D eigenvalue weighted by atomic mass is 10.2. The van der Waals surface area contributed by atoms with Crippen LogP contribution in [-0.4, -0.2) is 77.7 Å². The Labute approximate surface area is 171 Å². The summed E-state index contributed by atoms with van der Waals surface area (Å²) in [6.07, 6.45) is 3.66. The number of nitrogens with one attached hydrogen (secondary N) is 2. The smallest absolute Gasteiger partial charge is 0.328 e. The molecule has 1 aliphatic rings. The number of hydrogen-bond donors (Lipinski definition) is 4. The summed E-state index contributed by atoms with van der Waals surface area (Å²) in [5.74, 6) is -1.08. The van der Waals surface area contributed by atoms with E-state index in [1.165, 1.54) is 24.8 Å². The van der Waals surface area contributed by atoms with Crippen LogP contribution < -0.4 is 10.0 Å². The fraction of sp³-hybridized carbons (Fsp3) is 0.722. The zero-order chi connectivity index (χ0) is 21.4. The van der Waals surface area contributed by atoms with Gasteiger partial charge in [-0.3, -0.25) is 9.62 Å². The largest absolute Gasteiger partial charge is 0.478 e. The SMILES string of the molecule is CCNC(=O)NSCC(COCC(C)C)N1CCCC1.O=C(O)/C=C\C(=O)O. The van der Waals surface area contributed by atoms with Crippen molar-refractivity contribution in [1.29, 1.82) is 0 Å². The number of aliphatic carboxylic acids is 2. The molecule has 28 heavy (non-hydrogen) atoms. The lowest BCUT2D eigenvalue weighted by Crippen LogP contribution is -2.40. The van der Waals surface area contributed by atoms with Crippen LogP contribution in [0.15, 0.2) is 12.2 Å². The van der Waals surface area contributed by atoms with E-state index in [9.17, 15) is 14.4 Å². The molecule has 0 saturated carbocycles. The van der Waals surface area contributed by atoms with E-state index in [0.29, 0.717) is 30.7 Å². The number of nitrogens with zero attached hydrogens (tertiary/aromatic N) is 1. The quantitative estimate of drug-likeness (QED) is 0.295. The highest BCUT2D eigenvalue weighted by Crippen LogP contribution is 2.15. The molecule has 1 fully saturated rings. The fourth-order valence-corrected chi connectivity index (χ4v) is 3.13. The Balaban J connectivity index is 0.000000769. The molecule has 0 bridgehead atoms. The number of carbonyl (C=O) groups excluding carboxylic acids is 1. The minimum absolute atomic E-state index is 0.110. The number of carboxylic acid groups (broad SMARTS) is 2. The van der Waals surface area contributed by atoms with Crippen LogP contribution in [0.4, 0.5) is 4.79 Å². The number of likely N-dealkylation sites (tertiary alicyclic amines) is 1. The van der Waals surface area contributed by atoms with Crippen LogP contribution in [0.5, 0.6) is 0 Å². The molecule has 0 aromatic heterocycles. The van der Waals surface area contributed by atoms with Crippen LogP contribution in [0.25, 0.3) is 0 Å². The van der Waals surface area contributed by atoms with Crippen LogP contribution in [0.2, 0.25) is 0 Å². The maximum absolute atomic E-state index is 11.4. The molecule has 1 aliphatic heterocycles. The highest BCUT2D eigenvalue weighted by Gasteiger charge is 2.22. The van der Waals surface area contributed by atoms with E-state index < -0.39 is 11.9 Å². The van der Waals surface area contributed by atoms with Crippen molar-refractivity contribution in [2.24, 2.45) is 5.92 Å². The lowest BCUT2D eigenvalue weighted by Gasteiger charge is -2.27. The Morgan fingerprint density at radius 3 is 2.14 bits per heavy atom. The molecule has 0 radical (unpaired) electrons. The van der Waals surface area contributed by atoms with Crippen LogP contribution in [-0.2, 0) is 14.3 Å². The van der Waals surface area contributed by atoms with Crippen molar-refractivity contribution >= 4 is 29.9 Å². The number of rotatable bonds is 11. The zero-order valence-electron chi connectivity index (χ0n) is 16.8. The molecule has 9 nitrogen and oxygen atoms in total. The van der Waals surface area contributed by atoms with Gasteiger partial charge in [-0.2, -0.15) is 0 Å². The molecule has 2 amide bonds. The predicted molar refractivity (Wildman–Crippen MR) is 109 cm³/mol. The Hall–Kier alpha value is -1.78. The van der Waals surface area contributed by atoms with E-state index in [2.05, 4.69) is 28.8 Å². The van der Waals surface area contributed by atoms with E-state index in [4.69, 9.17) is 14.9 Å². The van der Waals surface area contributed by atoms with Crippen molar-refractivity contribution in [3.8, 4) is 0 Å². The summed E-state index contributed by atoms with van der Waals surface area (Å²) in [6.45, 7) is 10.7. The maximum atomic E-state index is 11.4. The lowest BCUT2D eigenvalue weighted by molar-refractivity contribution is -0.134. The Morgan fingerprint density at radius 1 is 1.11 bits per heavy atom. The molecule has 0 aromatic carbocycles. The van der Waals surface area contributed by atoms with Gasteiger partial charge >= 0.3 is 18.0 Å². The summed E-state index contributed by atoms with van der Waals surface area (Å²) < 4.78 is 8.61. The number of carbonyl (C=O) groups is 3. The third-order valence-corrected chi connectivity index (χ3v) is 4.45. The highest BCUT2D eigenvalue weighted by atomic mass is 32.2. The predicted octanol–water partition coefficient (Wildman–Crippen LogP) is 1.80. The average molecular weight is 420 g/mol. The van der Waals surface area contributed by atoms with Crippen molar-refractivity contribution in [2.75, 3.05) is 38.6 Å². The summed E-state index contributed by atoms with van der Waals surface area (Å²) in [4.78, 5) is 32.9. The summed E-state index contributed by atoms with van der Waals surface area (Å²) in [5.41, 5.74) is 0. The molecule has 1 rings (SSSR count). The molecule has 162 valence electrons. The zero-order valence-corrected chi connectivity index (χ0v) is 17.7. The van der Waals surface area contributed by atoms with Crippen molar-refractivity contribution in [3.05, 3.63) is 12.2 Å². The van der Waals surface area contributed by atoms with E-state index in [1.54, 1.807) is 0 Å². The average Bonchev–Trinajstić information content (AvgIpc) is 3.13. The van der Waals surface area contributed by atoms with E-state index >= 15 is 0 Å². The molecule has 1 heterocycles. The molecule has 10 heteroatoms. The molecule has 1 unspecified atom stereocenters. The molecule has 0 spiro atoms. The standard InChI is InChI=1S/C14H29N3O2S.C4H4O4/c1-4-15-14(18)16-20-11-13(10-19-9-12(2)3)17-7-5-6-8-17;5-3(6)1-2-4(7)8/h12-13H,4-11H2,1-3H3,(H2,15,16,18);1-2H,(H,5,6)(H,7,8)/b;2-1-. The summed E-state index contributed by atoms with van der Waals surface area (Å²) in [6, 6.07) is 0.281. The summed E-state index contributed by atoms with van der Waals surface area (Å²) in [7, 11) is 0. The van der Waals surface area contributed by atoms with Crippen LogP contribution in [0.1, 0.15) is 33.6 Å². The third-order valence-electron chi connectivity index (χ3n) is 3.56. The van der Waals surface area contributed by atoms with Crippen molar-refractivity contribution in [3.63, 3.8) is 0 Å². The first kappa shape index (κ1) is 26.2. The third kappa shape index (κ3) is 15.3. The van der Waals surface area contributed by atoms with Crippen molar-refractivity contribution in [2.45, 2.75) is 39.7 Å². The second-order valence-corrected chi connectivity index (χ2v) is 7.44. The monoisotopic (exact) mass is 419 g/mol. The molecule has 1 saturated heterocycles. The van der Waals surface area contributed by atoms with Gasteiger partial charge in [0.2, 0.25) is 0 Å². The van der Waals surface area contributed by atoms with Crippen LogP contribution in [0, 0.1) is 5.92 Å². The van der Waals surface area contributed by atoms with Gasteiger partial charge in [0.15, 0.2) is 0 Å². The number of carboxylic acids is 2. The second kappa shape index (κ2) is 16.2. The Bertz CT molecular complexity index is 480. The second-order valence-electron chi connectivity index (χ2n) is 6.61. The van der Waals surface area contributed by atoms with Crippen molar-refractivity contribution in [1.82, 2.24) is 14.9 Å². The van der Waals surface area contributed by atoms with Crippen LogP contribution in [0.3, 0.4) is 0 Å². The fourth-order valence-electron chi connectivity index (χ4n) is 2.35. The number of hydrogen-bond acceptors (Lipinski definition) is 6. The molecule has 0 aromatic rings. The van der Waals surface area contributed by atoms with Gasteiger partial charge in [-0.05, 0) is 50.7 Å². The first-order valence-corrected chi connectivity index (χ1v) is 10.4. The van der Waals surface area contributed by atoms with Gasteiger partial charge in [0, 0.05) is 37.1 Å². The van der Waals surface area contributed by atoms with Gasteiger partial charge in [0.05, 0.1) is 6.61 Å². The van der Waals surface area contributed by atoms with Gasteiger partial charge in [0.1, 0.15) is 0 Å². The molecule has 0 aliphatic carbocycles. The molecule has 1 atom stereocenters. The van der Waals surface area contributed by atoms with Gasteiger partial charge < -0.3 is 20.3 Å². The Kier molecular flexibility index (Phi) is 15.2. The van der Waals surface area contributed by atoms with Gasteiger partial charge in [-0.1, -0.05) is 13.8 Å². The topological polar surface area (TPSA) is 128 Å². The minimum Gasteiger partial charge on any atom is -0.478 e. The Morgan fingerprint density at radius 2 is 1.68 bits per heavy atom. The normalized spacial score (nSPS) is 15.1. The summed E-state index contributed by atoms with van der Waals surface area (Å²) >= 11 is 1.47. The number of urea groups is 1. The number of amides is 2. The minimum atomic E-state index is -1.26. The first-order valence-electron chi connectivity index (χ1n) is 9.37. The van der Waals surface area contributed by atoms with E-state index in [1.807, 2.05) is 6.92 Å². The number of ether oxygens (including phenoxy) is 1. The van der Waals surface area contributed by atoms with Gasteiger partial charge in [-0.25, -0.2) is 14.4 Å².